The molecule has 0 unspecified atom stereocenters. The second kappa shape index (κ2) is 8.52. The monoisotopic (exact) mass is 435 g/mol. The first-order chi connectivity index (χ1) is 15.1. The van der Waals surface area contributed by atoms with Crippen LogP contribution in [0.15, 0.2) is 34.7 Å². The van der Waals surface area contributed by atoms with Gasteiger partial charge in [-0.1, -0.05) is 40.7 Å². The van der Waals surface area contributed by atoms with Crippen molar-refractivity contribution in [1.29, 1.82) is 0 Å². The third kappa shape index (κ3) is 4.76. The van der Waals surface area contributed by atoms with Gasteiger partial charge in [0.25, 0.3) is 11.8 Å². The zero-order valence-corrected chi connectivity index (χ0v) is 19.8. The third-order valence-electron chi connectivity index (χ3n) is 6.15. The molecule has 0 bridgehead atoms. The SMILES string of the molecule is Cc1nnc(-c2cc(C(C)C)n(-c3cccc(C(=O)N[C@H]4C[C@@H](C)CC(C)(C)C4)c3)n2)o1. The predicted octanol–water partition coefficient (Wildman–Crippen LogP) is 5.30. The van der Waals surface area contributed by atoms with E-state index in [1.807, 2.05) is 35.0 Å². The van der Waals surface area contributed by atoms with Gasteiger partial charge in [0.05, 0.1) is 5.69 Å². The van der Waals surface area contributed by atoms with E-state index in [2.05, 4.69) is 50.1 Å². The van der Waals surface area contributed by atoms with Gasteiger partial charge in [0.2, 0.25) is 5.89 Å². The normalized spacial score (nSPS) is 20.5. The maximum absolute atomic E-state index is 13.1. The molecule has 32 heavy (non-hydrogen) atoms. The maximum atomic E-state index is 13.1. The van der Waals surface area contributed by atoms with Crippen molar-refractivity contribution in [3.63, 3.8) is 0 Å². The van der Waals surface area contributed by atoms with Crippen LogP contribution in [0.2, 0.25) is 0 Å². The van der Waals surface area contributed by atoms with Crippen molar-refractivity contribution in [2.45, 2.75) is 72.8 Å². The van der Waals surface area contributed by atoms with Gasteiger partial charge in [0.1, 0.15) is 5.69 Å². The van der Waals surface area contributed by atoms with Crippen molar-refractivity contribution in [3.8, 4) is 17.3 Å². The minimum Gasteiger partial charge on any atom is -0.420 e. The molecule has 0 radical (unpaired) electrons. The lowest BCUT2D eigenvalue weighted by atomic mass is 9.70. The van der Waals surface area contributed by atoms with Crippen LogP contribution in [0.4, 0.5) is 0 Å². The van der Waals surface area contributed by atoms with Crippen molar-refractivity contribution in [1.82, 2.24) is 25.3 Å². The van der Waals surface area contributed by atoms with Gasteiger partial charge < -0.3 is 9.73 Å². The van der Waals surface area contributed by atoms with Gasteiger partial charge in [-0.2, -0.15) is 5.10 Å². The van der Waals surface area contributed by atoms with Gasteiger partial charge in [-0.05, 0) is 60.8 Å². The van der Waals surface area contributed by atoms with E-state index in [1.54, 1.807) is 6.92 Å². The standard InChI is InChI=1S/C25H33N5O2/c1-15(2)22-12-21(24-28-27-17(4)32-24)29-30(22)20-9-7-8-18(11-20)23(31)26-19-10-16(3)13-25(5,6)14-19/h7-9,11-12,15-16,19H,10,13-14H2,1-6H3,(H,26,31)/t16-,19+/m1/s1. The number of benzene rings is 1. The lowest BCUT2D eigenvalue weighted by Crippen LogP contribution is -2.43. The Kier molecular flexibility index (Phi) is 5.93. The largest absolute Gasteiger partial charge is 0.420 e. The Morgan fingerprint density at radius 3 is 2.66 bits per heavy atom. The van der Waals surface area contributed by atoms with Crippen molar-refractivity contribution < 1.29 is 9.21 Å². The van der Waals surface area contributed by atoms with Crippen LogP contribution < -0.4 is 5.32 Å². The van der Waals surface area contributed by atoms with Gasteiger partial charge >= 0.3 is 0 Å². The van der Waals surface area contributed by atoms with Crippen molar-refractivity contribution in [2.24, 2.45) is 11.3 Å². The zero-order valence-electron chi connectivity index (χ0n) is 19.8. The van der Waals surface area contributed by atoms with Gasteiger partial charge in [-0.3, -0.25) is 4.79 Å². The highest BCUT2D eigenvalue weighted by Gasteiger charge is 2.32. The minimum atomic E-state index is -0.0345. The number of hydrogen-bond donors (Lipinski definition) is 1. The first-order valence-electron chi connectivity index (χ1n) is 11.4. The minimum absolute atomic E-state index is 0.0345. The van der Waals surface area contributed by atoms with Crippen LogP contribution in [0, 0.1) is 18.3 Å². The number of aryl methyl sites for hydroxylation is 1. The van der Waals surface area contributed by atoms with E-state index < -0.39 is 0 Å². The molecule has 0 saturated heterocycles. The van der Waals surface area contributed by atoms with Crippen LogP contribution >= 0.6 is 0 Å². The molecule has 3 aromatic rings. The molecule has 2 atom stereocenters. The molecule has 1 aliphatic rings. The first kappa shape index (κ1) is 22.2. The van der Waals surface area contributed by atoms with E-state index in [-0.39, 0.29) is 23.3 Å². The van der Waals surface area contributed by atoms with Crippen molar-refractivity contribution >= 4 is 5.91 Å². The Morgan fingerprint density at radius 2 is 2.00 bits per heavy atom. The number of hydrogen-bond acceptors (Lipinski definition) is 5. The summed E-state index contributed by atoms with van der Waals surface area (Å²) in [6, 6.07) is 9.79. The quantitative estimate of drug-likeness (QED) is 0.588. The van der Waals surface area contributed by atoms with E-state index in [0.717, 1.165) is 24.2 Å². The van der Waals surface area contributed by atoms with Crippen molar-refractivity contribution in [2.75, 3.05) is 0 Å². The van der Waals surface area contributed by atoms with E-state index in [0.29, 0.717) is 29.0 Å². The summed E-state index contributed by atoms with van der Waals surface area (Å²) < 4.78 is 7.43. The summed E-state index contributed by atoms with van der Waals surface area (Å²) in [6.07, 6.45) is 3.24. The molecule has 7 nitrogen and oxygen atoms in total. The molecule has 4 rings (SSSR count). The molecular weight excluding hydrogens is 402 g/mol. The molecule has 1 fully saturated rings. The van der Waals surface area contributed by atoms with Crippen LogP contribution in [0.25, 0.3) is 17.3 Å². The number of aromatic nitrogens is 4. The fourth-order valence-corrected chi connectivity index (χ4v) is 5.02. The molecule has 170 valence electrons. The summed E-state index contributed by atoms with van der Waals surface area (Å²) in [5.74, 6) is 1.70. The molecule has 7 heteroatoms. The zero-order chi connectivity index (χ0) is 23.0. The molecule has 1 N–H and O–H groups in total. The van der Waals surface area contributed by atoms with E-state index in [4.69, 9.17) is 9.52 Å². The molecule has 0 aliphatic heterocycles. The highest BCUT2D eigenvalue weighted by Crippen LogP contribution is 2.38. The first-order valence-corrected chi connectivity index (χ1v) is 11.4. The average Bonchev–Trinajstić information content (AvgIpc) is 3.33. The summed E-state index contributed by atoms with van der Waals surface area (Å²) in [5, 5.41) is 16.0. The molecular formula is C25H33N5O2. The lowest BCUT2D eigenvalue weighted by molar-refractivity contribution is 0.0874. The fourth-order valence-electron chi connectivity index (χ4n) is 5.02. The Balaban J connectivity index is 1.60. The molecule has 2 heterocycles. The maximum Gasteiger partial charge on any atom is 0.268 e. The third-order valence-corrected chi connectivity index (χ3v) is 6.15. The van der Waals surface area contributed by atoms with Crippen LogP contribution in [0.1, 0.15) is 81.7 Å². The predicted molar refractivity (Wildman–Crippen MR) is 124 cm³/mol. The highest BCUT2D eigenvalue weighted by molar-refractivity contribution is 5.95. The Bertz CT molecular complexity index is 1110. The highest BCUT2D eigenvalue weighted by atomic mass is 16.4. The second-order valence-electron chi connectivity index (χ2n) is 10.3. The molecule has 1 aliphatic carbocycles. The summed E-state index contributed by atoms with van der Waals surface area (Å²) in [5.41, 5.74) is 3.36. The second-order valence-corrected chi connectivity index (χ2v) is 10.3. The molecule has 1 amide bonds. The van der Waals surface area contributed by atoms with Gasteiger partial charge in [-0.15, -0.1) is 10.2 Å². The summed E-state index contributed by atoms with van der Waals surface area (Å²) >= 11 is 0. The number of carbonyl (C=O) groups excluding carboxylic acids is 1. The Labute approximate surface area is 189 Å². The number of amides is 1. The van der Waals surface area contributed by atoms with E-state index in [1.165, 1.54) is 6.42 Å². The lowest BCUT2D eigenvalue weighted by Gasteiger charge is -2.39. The molecule has 1 saturated carbocycles. The Morgan fingerprint density at radius 1 is 1.22 bits per heavy atom. The topological polar surface area (TPSA) is 85.8 Å². The smallest absolute Gasteiger partial charge is 0.268 e. The fraction of sp³-hybridized carbons (Fsp3) is 0.520. The van der Waals surface area contributed by atoms with Crippen LogP contribution in [0.5, 0.6) is 0 Å². The summed E-state index contributed by atoms with van der Waals surface area (Å²) in [4.78, 5) is 13.1. The molecule has 0 spiro atoms. The van der Waals surface area contributed by atoms with E-state index in [9.17, 15) is 4.79 Å². The number of nitrogens with one attached hydrogen (secondary N) is 1. The average molecular weight is 436 g/mol. The van der Waals surface area contributed by atoms with Gasteiger partial charge in [-0.25, -0.2) is 4.68 Å². The molecule has 1 aromatic carbocycles. The van der Waals surface area contributed by atoms with Gasteiger partial charge in [0.15, 0.2) is 0 Å². The van der Waals surface area contributed by atoms with Crippen LogP contribution in [-0.4, -0.2) is 31.9 Å². The number of rotatable bonds is 5. The van der Waals surface area contributed by atoms with E-state index >= 15 is 0 Å². The summed E-state index contributed by atoms with van der Waals surface area (Å²) in [6.45, 7) is 12.8. The van der Waals surface area contributed by atoms with Crippen molar-refractivity contribution in [3.05, 3.63) is 47.5 Å². The Hall–Kier alpha value is -2.96. The van der Waals surface area contributed by atoms with Gasteiger partial charge in [0, 0.05) is 24.2 Å². The van der Waals surface area contributed by atoms with Crippen LogP contribution in [-0.2, 0) is 0 Å². The summed E-state index contributed by atoms with van der Waals surface area (Å²) in [7, 11) is 0. The number of nitrogens with zero attached hydrogens (tertiary/aromatic N) is 4. The number of carbonyl (C=O) groups is 1. The van der Waals surface area contributed by atoms with Crippen LogP contribution in [0.3, 0.4) is 0 Å². The molecule has 2 aromatic heterocycles.